The summed E-state index contributed by atoms with van der Waals surface area (Å²) in [4.78, 5) is 24.1. The van der Waals surface area contributed by atoms with E-state index in [9.17, 15) is 9.59 Å². The number of carboxylic acids is 1. The highest BCUT2D eigenvalue weighted by atomic mass is 16.4. The van der Waals surface area contributed by atoms with Gasteiger partial charge in [-0.15, -0.1) is 0 Å². The minimum atomic E-state index is -1.08. The number of carbonyl (C=O) groups is 2. The Bertz CT molecular complexity index is 315. The van der Waals surface area contributed by atoms with Crippen molar-refractivity contribution >= 4 is 11.9 Å². The van der Waals surface area contributed by atoms with Gasteiger partial charge in [0.25, 0.3) is 0 Å². The van der Waals surface area contributed by atoms with Crippen molar-refractivity contribution < 1.29 is 14.7 Å². The summed E-state index contributed by atoms with van der Waals surface area (Å²) in [5.41, 5.74) is 0.00282. The fraction of sp³-hybridized carbons (Fsp3) is 0.846. The van der Waals surface area contributed by atoms with E-state index in [0.717, 1.165) is 13.1 Å². The van der Waals surface area contributed by atoms with E-state index in [1.807, 2.05) is 0 Å². The van der Waals surface area contributed by atoms with E-state index >= 15 is 0 Å². The molecule has 1 saturated heterocycles. The zero-order valence-electron chi connectivity index (χ0n) is 11.5. The Kier molecular flexibility index (Phi) is 5.14. The Balaban J connectivity index is 2.43. The molecule has 1 rings (SSSR count). The largest absolute Gasteiger partial charge is 0.481 e. The second-order valence-corrected chi connectivity index (χ2v) is 5.94. The minimum absolute atomic E-state index is 0.00282. The number of piperidine rings is 1. The molecule has 2 N–H and O–H groups in total. The number of nitrogens with zero attached hydrogens (tertiary/aromatic N) is 1. The van der Waals surface area contributed by atoms with Crippen LogP contribution >= 0.6 is 0 Å². The zero-order chi connectivity index (χ0) is 13.8. The van der Waals surface area contributed by atoms with Gasteiger partial charge in [0, 0.05) is 13.1 Å². The number of carbonyl (C=O) groups excluding carboxylic acids is 1. The molecule has 5 nitrogen and oxygen atoms in total. The molecule has 5 heteroatoms. The molecule has 0 bridgehead atoms. The van der Waals surface area contributed by atoms with Crippen molar-refractivity contribution in [1.82, 2.24) is 10.2 Å². The van der Waals surface area contributed by atoms with Crippen LogP contribution in [0.5, 0.6) is 0 Å². The molecule has 0 radical (unpaired) electrons. The van der Waals surface area contributed by atoms with Crippen LogP contribution < -0.4 is 5.32 Å². The molecular formula is C13H24N2O3. The molecule has 1 aliphatic rings. The summed E-state index contributed by atoms with van der Waals surface area (Å²) in [6.45, 7) is 6.99. The fourth-order valence-electron chi connectivity index (χ4n) is 2.47. The van der Waals surface area contributed by atoms with Crippen molar-refractivity contribution in [3.05, 3.63) is 0 Å². The number of rotatable bonds is 5. The number of amides is 1. The van der Waals surface area contributed by atoms with Crippen LogP contribution in [0.4, 0.5) is 0 Å². The SMILES string of the molecule is CN1CCCC(C(C)(C)CNC(=O)CC(=O)O)C1. The van der Waals surface area contributed by atoms with E-state index in [4.69, 9.17) is 5.11 Å². The van der Waals surface area contributed by atoms with Crippen LogP contribution in [-0.2, 0) is 9.59 Å². The number of carboxylic acid groups (broad SMARTS) is 1. The Labute approximate surface area is 109 Å². The lowest BCUT2D eigenvalue weighted by molar-refractivity contribution is -0.140. The van der Waals surface area contributed by atoms with Crippen LogP contribution in [0.2, 0.25) is 0 Å². The van der Waals surface area contributed by atoms with E-state index in [1.165, 1.54) is 12.8 Å². The lowest BCUT2D eigenvalue weighted by Gasteiger charge is -2.40. The monoisotopic (exact) mass is 256 g/mol. The van der Waals surface area contributed by atoms with E-state index in [1.54, 1.807) is 0 Å². The molecule has 1 amide bonds. The third-order valence-electron chi connectivity index (χ3n) is 3.78. The van der Waals surface area contributed by atoms with Crippen molar-refractivity contribution in [2.24, 2.45) is 11.3 Å². The van der Waals surface area contributed by atoms with Crippen molar-refractivity contribution in [1.29, 1.82) is 0 Å². The standard InChI is InChI=1S/C13H24N2O3/c1-13(2,9-14-11(16)7-12(17)18)10-5-4-6-15(3)8-10/h10H,4-9H2,1-3H3,(H,14,16)(H,17,18). The molecule has 0 aromatic rings. The molecule has 0 aromatic carbocycles. The molecule has 1 atom stereocenters. The van der Waals surface area contributed by atoms with Crippen LogP contribution in [-0.4, -0.2) is 48.6 Å². The molecule has 1 fully saturated rings. The summed E-state index contributed by atoms with van der Waals surface area (Å²) in [5, 5.41) is 11.3. The summed E-state index contributed by atoms with van der Waals surface area (Å²) >= 11 is 0. The lowest BCUT2D eigenvalue weighted by Crippen LogP contribution is -2.45. The molecule has 0 saturated carbocycles. The number of aliphatic carboxylic acids is 1. The summed E-state index contributed by atoms with van der Waals surface area (Å²) in [6, 6.07) is 0. The highest BCUT2D eigenvalue weighted by Gasteiger charge is 2.32. The molecule has 0 aliphatic carbocycles. The predicted molar refractivity (Wildman–Crippen MR) is 69.3 cm³/mol. The maximum Gasteiger partial charge on any atom is 0.312 e. The van der Waals surface area contributed by atoms with Gasteiger partial charge in [-0.2, -0.15) is 0 Å². The molecular weight excluding hydrogens is 232 g/mol. The van der Waals surface area contributed by atoms with Gasteiger partial charge in [0.2, 0.25) is 5.91 Å². The molecule has 0 aromatic heterocycles. The first-order valence-electron chi connectivity index (χ1n) is 6.48. The Hall–Kier alpha value is -1.10. The van der Waals surface area contributed by atoms with Gasteiger partial charge in [0.1, 0.15) is 6.42 Å². The topological polar surface area (TPSA) is 69.6 Å². The summed E-state index contributed by atoms with van der Waals surface area (Å²) in [7, 11) is 2.12. The van der Waals surface area contributed by atoms with Crippen molar-refractivity contribution in [3.8, 4) is 0 Å². The van der Waals surface area contributed by atoms with Crippen molar-refractivity contribution in [2.45, 2.75) is 33.1 Å². The van der Waals surface area contributed by atoms with Crippen molar-refractivity contribution in [2.75, 3.05) is 26.7 Å². The zero-order valence-corrected chi connectivity index (χ0v) is 11.5. The Morgan fingerprint density at radius 1 is 1.44 bits per heavy atom. The predicted octanol–water partition coefficient (Wildman–Crippen LogP) is 0.945. The normalized spacial score (nSPS) is 21.6. The van der Waals surface area contributed by atoms with Gasteiger partial charge in [0.05, 0.1) is 0 Å². The number of nitrogens with one attached hydrogen (secondary N) is 1. The smallest absolute Gasteiger partial charge is 0.312 e. The lowest BCUT2D eigenvalue weighted by atomic mass is 9.74. The molecule has 104 valence electrons. The third kappa shape index (κ3) is 4.64. The quantitative estimate of drug-likeness (QED) is 0.718. The molecule has 1 unspecified atom stereocenters. The average molecular weight is 256 g/mol. The highest BCUT2D eigenvalue weighted by Crippen LogP contribution is 2.32. The van der Waals surface area contributed by atoms with Gasteiger partial charge in [-0.05, 0) is 37.8 Å². The van der Waals surface area contributed by atoms with Gasteiger partial charge < -0.3 is 15.3 Å². The van der Waals surface area contributed by atoms with Gasteiger partial charge >= 0.3 is 5.97 Å². The first-order chi connectivity index (χ1) is 8.31. The van der Waals surface area contributed by atoms with Crippen molar-refractivity contribution in [3.63, 3.8) is 0 Å². The summed E-state index contributed by atoms with van der Waals surface area (Å²) < 4.78 is 0. The van der Waals surface area contributed by atoms with Gasteiger partial charge in [0.15, 0.2) is 0 Å². The first kappa shape index (κ1) is 15.0. The second-order valence-electron chi connectivity index (χ2n) is 5.94. The van der Waals surface area contributed by atoms with Crippen LogP contribution in [0.1, 0.15) is 33.1 Å². The second kappa shape index (κ2) is 6.18. The van der Waals surface area contributed by atoms with E-state index in [0.29, 0.717) is 12.5 Å². The summed E-state index contributed by atoms with van der Waals surface area (Å²) in [5.74, 6) is -0.941. The third-order valence-corrected chi connectivity index (χ3v) is 3.78. The first-order valence-corrected chi connectivity index (χ1v) is 6.48. The highest BCUT2D eigenvalue weighted by molar-refractivity contribution is 5.93. The van der Waals surface area contributed by atoms with Crippen LogP contribution in [0, 0.1) is 11.3 Å². The maximum atomic E-state index is 11.3. The molecule has 1 aliphatic heterocycles. The van der Waals surface area contributed by atoms with Crippen LogP contribution in [0.3, 0.4) is 0 Å². The van der Waals surface area contributed by atoms with E-state index < -0.39 is 18.3 Å². The summed E-state index contributed by atoms with van der Waals surface area (Å²) in [6.07, 6.45) is 1.92. The molecule has 1 heterocycles. The van der Waals surface area contributed by atoms with E-state index in [2.05, 4.69) is 31.1 Å². The number of likely N-dealkylation sites (tertiary alicyclic amines) is 1. The maximum absolute atomic E-state index is 11.3. The van der Waals surface area contributed by atoms with Gasteiger partial charge in [-0.3, -0.25) is 9.59 Å². The Morgan fingerprint density at radius 3 is 2.67 bits per heavy atom. The van der Waals surface area contributed by atoms with E-state index in [-0.39, 0.29) is 5.41 Å². The minimum Gasteiger partial charge on any atom is -0.481 e. The number of hydrogen-bond acceptors (Lipinski definition) is 3. The molecule has 18 heavy (non-hydrogen) atoms. The Morgan fingerprint density at radius 2 is 2.11 bits per heavy atom. The van der Waals surface area contributed by atoms with Crippen LogP contribution in [0.25, 0.3) is 0 Å². The number of hydrogen-bond donors (Lipinski definition) is 2. The van der Waals surface area contributed by atoms with Gasteiger partial charge in [-0.25, -0.2) is 0 Å². The molecule has 0 spiro atoms. The van der Waals surface area contributed by atoms with Crippen LogP contribution in [0.15, 0.2) is 0 Å². The average Bonchev–Trinajstić information content (AvgIpc) is 2.26. The van der Waals surface area contributed by atoms with Gasteiger partial charge in [-0.1, -0.05) is 13.8 Å². The fourth-order valence-corrected chi connectivity index (χ4v) is 2.47.